The Balaban J connectivity index is 2.14. The van der Waals surface area contributed by atoms with Crippen LogP contribution in [-0.2, 0) is 16.6 Å². The molecule has 0 spiro atoms. The van der Waals surface area contributed by atoms with Crippen molar-refractivity contribution in [2.75, 3.05) is 5.32 Å². The van der Waals surface area contributed by atoms with E-state index in [0.717, 1.165) is 0 Å². The quantitative estimate of drug-likeness (QED) is 0.793. The first-order valence-electron chi connectivity index (χ1n) is 5.81. The lowest BCUT2D eigenvalue weighted by atomic mass is 10.2. The van der Waals surface area contributed by atoms with Crippen molar-refractivity contribution in [2.45, 2.75) is 11.4 Å². The average molecular weight is 347 g/mol. The van der Waals surface area contributed by atoms with Crippen molar-refractivity contribution in [3.05, 3.63) is 52.0 Å². The van der Waals surface area contributed by atoms with Crippen LogP contribution >= 0.6 is 23.2 Å². The van der Waals surface area contributed by atoms with Crippen LogP contribution in [-0.4, -0.2) is 13.5 Å². The standard InChI is InChI=1S/C13H12Cl2N2O3S/c14-9-5-8(13(18)12(15)6-9)7-17-10-1-3-11(4-2-10)21(16,19)20/h1-6,17-18H,7H2,(H2,16,19,20). The third-order valence-electron chi connectivity index (χ3n) is 2.77. The molecule has 0 aliphatic carbocycles. The van der Waals surface area contributed by atoms with Gasteiger partial charge in [0.05, 0.1) is 9.92 Å². The number of benzene rings is 2. The molecule has 2 aromatic rings. The molecule has 0 fully saturated rings. The number of primary sulfonamides is 1. The fourth-order valence-electron chi connectivity index (χ4n) is 1.71. The number of phenolic OH excluding ortho intramolecular Hbond substituents is 1. The van der Waals surface area contributed by atoms with Crippen molar-refractivity contribution in [1.82, 2.24) is 0 Å². The Bertz CT molecular complexity index is 762. The summed E-state index contributed by atoms with van der Waals surface area (Å²) in [4.78, 5) is 0.0293. The molecule has 0 saturated carbocycles. The minimum atomic E-state index is -3.71. The van der Waals surface area contributed by atoms with Gasteiger partial charge in [-0.05, 0) is 36.4 Å². The zero-order valence-electron chi connectivity index (χ0n) is 10.7. The number of phenols is 1. The van der Waals surface area contributed by atoms with E-state index in [9.17, 15) is 13.5 Å². The zero-order chi connectivity index (χ0) is 15.6. The lowest BCUT2D eigenvalue weighted by Gasteiger charge is -2.10. The molecular weight excluding hydrogens is 335 g/mol. The molecule has 0 amide bonds. The summed E-state index contributed by atoms with van der Waals surface area (Å²) in [5.74, 6) is -0.0466. The van der Waals surface area contributed by atoms with Crippen LogP contribution in [0.1, 0.15) is 5.56 Å². The fourth-order valence-corrected chi connectivity index (χ4v) is 2.76. The Morgan fingerprint density at radius 2 is 1.76 bits per heavy atom. The summed E-state index contributed by atoms with van der Waals surface area (Å²) in [6, 6.07) is 8.97. The van der Waals surface area contributed by atoms with Crippen LogP contribution in [0.4, 0.5) is 5.69 Å². The summed E-state index contributed by atoms with van der Waals surface area (Å²) >= 11 is 11.7. The Kier molecular flexibility index (Phi) is 4.63. The van der Waals surface area contributed by atoms with Gasteiger partial charge in [0.15, 0.2) is 0 Å². The van der Waals surface area contributed by atoms with Gasteiger partial charge in [-0.25, -0.2) is 13.6 Å². The van der Waals surface area contributed by atoms with Gasteiger partial charge in [0.2, 0.25) is 10.0 Å². The van der Waals surface area contributed by atoms with Gasteiger partial charge in [0, 0.05) is 22.8 Å². The SMILES string of the molecule is NS(=O)(=O)c1ccc(NCc2cc(Cl)cc(Cl)c2O)cc1. The van der Waals surface area contributed by atoms with Gasteiger partial charge >= 0.3 is 0 Å². The van der Waals surface area contributed by atoms with Gasteiger partial charge in [-0.2, -0.15) is 0 Å². The van der Waals surface area contributed by atoms with Gasteiger partial charge in [-0.3, -0.25) is 0 Å². The molecule has 0 aromatic heterocycles. The fraction of sp³-hybridized carbons (Fsp3) is 0.0769. The summed E-state index contributed by atoms with van der Waals surface area (Å²) in [7, 11) is -3.71. The van der Waals surface area contributed by atoms with Crippen molar-refractivity contribution >= 4 is 38.9 Å². The number of aromatic hydroxyl groups is 1. The minimum absolute atomic E-state index is 0.0293. The molecule has 0 unspecified atom stereocenters. The van der Waals surface area contributed by atoms with Crippen LogP contribution in [0, 0.1) is 0 Å². The van der Waals surface area contributed by atoms with Gasteiger partial charge < -0.3 is 10.4 Å². The first kappa shape index (κ1) is 15.9. The second kappa shape index (κ2) is 6.11. The van der Waals surface area contributed by atoms with Crippen LogP contribution in [0.2, 0.25) is 10.0 Å². The van der Waals surface area contributed by atoms with Gasteiger partial charge in [-0.15, -0.1) is 0 Å². The molecule has 0 heterocycles. The molecule has 112 valence electrons. The van der Waals surface area contributed by atoms with E-state index in [-0.39, 0.29) is 22.2 Å². The molecule has 0 radical (unpaired) electrons. The largest absolute Gasteiger partial charge is 0.506 e. The number of hydrogen-bond acceptors (Lipinski definition) is 4. The van der Waals surface area contributed by atoms with E-state index in [1.165, 1.54) is 18.2 Å². The van der Waals surface area contributed by atoms with Gasteiger partial charge in [-0.1, -0.05) is 23.2 Å². The van der Waals surface area contributed by atoms with Crippen molar-refractivity contribution in [2.24, 2.45) is 5.14 Å². The number of halogens is 2. The molecule has 5 nitrogen and oxygen atoms in total. The lowest BCUT2D eigenvalue weighted by Crippen LogP contribution is -2.12. The number of hydrogen-bond donors (Lipinski definition) is 3. The maximum Gasteiger partial charge on any atom is 0.238 e. The Morgan fingerprint density at radius 1 is 1.14 bits per heavy atom. The highest BCUT2D eigenvalue weighted by Gasteiger charge is 2.09. The number of rotatable bonds is 4. The molecule has 0 aliphatic heterocycles. The normalized spacial score (nSPS) is 11.4. The highest BCUT2D eigenvalue weighted by molar-refractivity contribution is 7.89. The van der Waals surface area contributed by atoms with E-state index >= 15 is 0 Å². The molecule has 21 heavy (non-hydrogen) atoms. The highest BCUT2D eigenvalue weighted by atomic mass is 35.5. The van der Waals surface area contributed by atoms with E-state index in [4.69, 9.17) is 28.3 Å². The highest BCUT2D eigenvalue weighted by Crippen LogP contribution is 2.31. The Hall–Kier alpha value is -1.47. The zero-order valence-corrected chi connectivity index (χ0v) is 13.0. The van der Waals surface area contributed by atoms with Crippen molar-refractivity contribution in [1.29, 1.82) is 0 Å². The second-order valence-corrected chi connectivity index (χ2v) is 6.72. The third-order valence-corrected chi connectivity index (χ3v) is 4.21. The third kappa shape index (κ3) is 4.01. The van der Waals surface area contributed by atoms with E-state index in [1.54, 1.807) is 18.2 Å². The van der Waals surface area contributed by atoms with Crippen LogP contribution in [0.3, 0.4) is 0 Å². The van der Waals surface area contributed by atoms with E-state index in [2.05, 4.69) is 5.32 Å². The van der Waals surface area contributed by atoms with Crippen LogP contribution in [0.15, 0.2) is 41.3 Å². The van der Waals surface area contributed by atoms with Gasteiger partial charge in [0.1, 0.15) is 5.75 Å². The van der Waals surface area contributed by atoms with Gasteiger partial charge in [0.25, 0.3) is 0 Å². The number of nitrogens with two attached hydrogens (primary N) is 1. The van der Waals surface area contributed by atoms with Crippen molar-refractivity contribution in [3.63, 3.8) is 0 Å². The second-order valence-electron chi connectivity index (χ2n) is 4.32. The smallest absolute Gasteiger partial charge is 0.238 e. The Morgan fingerprint density at radius 3 is 2.33 bits per heavy atom. The molecule has 4 N–H and O–H groups in total. The molecule has 2 aromatic carbocycles. The minimum Gasteiger partial charge on any atom is -0.506 e. The first-order chi connectivity index (χ1) is 9.77. The maximum atomic E-state index is 11.1. The number of nitrogens with one attached hydrogen (secondary N) is 1. The van der Waals surface area contributed by atoms with E-state index < -0.39 is 10.0 Å². The monoisotopic (exact) mass is 346 g/mol. The Labute approximate surface area is 132 Å². The average Bonchev–Trinajstić information content (AvgIpc) is 2.40. The summed E-state index contributed by atoms with van der Waals surface area (Å²) in [5.41, 5.74) is 1.20. The number of anilines is 1. The van der Waals surface area contributed by atoms with E-state index in [1.807, 2.05) is 0 Å². The molecule has 2 rings (SSSR count). The predicted octanol–water partition coefficient (Wildman–Crippen LogP) is 2.96. The van der Waals surface area contributed by atoms with Crippen LogP contribution < -0.4 is 10.5 Å². The first-order valence-corrected chi connectivity index (χ1v) is 8.11. The summed E-state index contributed by atoms with van der Waals surface area (Å²) in [6.07, 6.45) is 0. The lowest BCUT2D eigenvalue weighted by molar-refractivity contribution is 0.469. The molecule has 0 aliphatic rings. The number of sulfonamides is 1. The molecule has 0 atom stereocenters. The van der Waals surface area contributed by atoms with Crippen LogP contribution in [0.25, 0.3) is 0 Å². The summed E-state index contributed by atoms with van der Waals surface area (Å²) in [6.45, 7) is 0.279. The van der Waals surface area contributed by atoms with Crippen LogP contribution in [0.5, 0.6) is 5.75 Å². The summed E-state index contributed by atoms with van der Waals surface area (Å²) < 4.78 is 22.3. The summed E-state index contributed by atoms with van der Waals surface area (Å²) in [5, 5.41) is 18.4. The molecular formula is C13H12Cl2N2O3S. The molecule has 0 bridgehead atoms. The molecule has 8 heteroatoms. The van der Waals surface area contributed by atoms with Crippen molar-refractivity contribution < 1.29 is 13.5 Å². The maximum absolute atomic E-state index is 11.1. The van der Waals surface area contributed by atoms with Crippen molar-refractivity contribution in [3.8, 4) is 5.75 Å². The van der Waals surface area contributed by atoms with E-state index in [0.29, 0.717) is 16.3 Å². The topological polar surface area (TPSA) is 92.4 Å². The predicted molar refractivity (Wildman–Crippen MR) is 83.3 cm³/mol. The molecule has 0 saturated heterocycles.